The van der Waals surface area contributed by atoms with Crippen molar-refractivity contribution in [3.63, 3.8) is 0 Å². The standard InChI is InChI=1S/C30H49NO7/c1-18-13-19(2)15-21(4)29(35)23(17-31-22(5)32)9-6-7-12-27(24-10-8-11-25(24)30(36)37)38-28(34)16-26(33)20(3)14-18/h6-7,9,18-21,24-27,29,33,35H,8,10-17H2,1-5H3,(H,31,32)(H,36,37)/b7-6+,23-9-/t18-,19+,20-,21-,24+,25+,26-,27+,29-/m0/s1. The Balaban J connectivity index is 2.35. The zero-order valence-electron chi connectivity index (χ0n) is 23.8. The molecule has 8 heteroatoms. The Morgan fingerprint density at radius 1 is 1.03 bits per heavy atom. The van der Waals surface area contributed by atoms with E-state index in [-0.39, 0.29) is 36.6 Å². The summed E-state index contributed by atoms with van der Waals surface area (Å²) in [6, 6.07) is 0. The van der Waals surface area contributed by atoms with E-state index in [9.17, 15) is 29.7 Å². The molecule has 1 saturated carbocycles. The molecule has 0 aromatic rings. The first kappa shape index (κ1) is 32.0. The largest absolute Gasteiger partial charge is 0.481 e. The van der Waals surface area contributed by atoms with E-state index in [1.807, 2.05) is 19.9 Å². The number of amides is 1. The zero-order valence-corrected chi connectivity index (χ0v) is 23.8. The molecule has 0 unspecified atom stereocenters. The molecule has 8 nitrogen and oxygen atoms in total. The molecule has 0 spiro atoms. The predicted molar refractivity (Wildman–Crippen MR) is 146 cm³/mol. The van der Waals surface area contributed by atoms with Gasteiger partial charge in [0.15, 0.2) is 0 Å². The maximum Gasteiger partial charge on any atom is 0.308 e. The van der Waals surface area contributed by atoms with Gasteiger partial charge in [0.2, 0.25) is 5.91 Å². The van der Waals surface area contributed by atoms with Crippen LogP contribution >= 0.6 is 0 Å². The number of nitrogens with one attached hydrogen (secondary N) is 1. The predicted octanol–water partition coefficient (Wildman–Crippen LogP) is 4.25. The third kappa shape index (κ3) is 10.2. The van der Waals surface area contributed by atoms with Crippen LogP contribution in [-0.2, 0) is 19.1 Å². The Kier molecular flexibility index (Phi) is 13.0. The van der Waals surface area contributed by atoms with Crippen LogP contribution in [0.2, 0.25) is 0 Å². The van der Waals surface area contributed by atoms with Crippen molar-refractivity contribution in [1.82, 2.24) is 5.32 Å². The van der Waals surface area contributed by atoms with Crippen LogP contribution in [0.25, 0.3) is 0 Å². The van der Waals surface area contributed by atoms with E-state index in [1.54, 1.807) is 12.2 Å². The minimum atomic E-state index is -0.876. The van der Waals surface area contributed by atoms with Crippen molar-refractivity contribution in [2.75, 3.05) is 6.54 Å². The van der Waals surface area contributed by atoms with Crippen molar-refractivity contribution < 1.29 is 34.4 Å². The van der Waals surface area contributed by atoms with Gasteiger partial charge in [-0.3, -0.25) is 14.4 Å². The van der Waals surface area contributed by atoms with Gasteiger partial charge in [0.05, 0.1) is 24.5 Å². The van der Waals surface area contributed by atoms with Crippen LogP contribution in [-0.4, -0.2) is 58.0 Å². The second-order valence-electron chi connectivity index (χ2n) is 12.0. The first-order valence-corrected chi connectivity index (χ1v) is 14.3. The molecule has 0 aromatic heterocycles. The van der Waals surface area contributed by atoms with E-state index in [1.165, 1.54) is 6.92 Å². The highest BCUT2D eigenvalue weighted by Crippen LogP contribution is 2.37. The van der Waals surface area contributed by atoms with Crippen LogP contribution in [0.15, 0.2) is 23.8 Å². The minimum Gasteiger partial charge on any atom is -0.481 e. The normalized spacial score (nSPS) is 38.7. The monoisotopic (exact) mass is 535 g/mol. The number of carbonyl (C=O) groups excluding carboxylic acids is 2. The molecule has 2 rings (SSSR count). The summed E-state index contributed by atoms with van der Waals surface area (Å²) in [6.07, 6.45) is 7.94. The fourth-order valence-corrected chi connectivity index (χ4v) is 6.33. The fourth-order valence-electron chi connectivity index (χ4n) is 6.33. The van der Waals surface area contributed by atoms with Crippen LogP contribution < -0.4 is 5.32 Å². The molecule has 1 amide bonds. The molecule has 0 saturated heterocycles. The Labute approximate surface area is 227 Å². The minimum absolute atomic E-state index is 0.0176. The summed E-state index contributed by atoms with van der Waals surface area (Å²) in [5, 5.41) is 34.4. The summed E-state index contributed by atoms with van der Waals surface area (Å²) in [5.41, 5.74) is 0.694. The molecule has 1 heterocycles. The van der Waals surface area contributed by atoms with Gasteiger partial charge in [-0.2, -0.15) is 0 Å². The van der Waals surface area contributed by atoms with Gasteiger partial charge < -0.3 is 25.4 Å². The Morgan fingerprint density at radius 3 is 2.32 bits per heavy atom. The molecule has 0 bridgehead atoms. The smallest absolute Gasteiger partial charge is 0.308 e. The number of esters is 1. The van der Waals surface area contributed by atoms with Crippen molar-refractivity contribution in [3.05, 3.63) is 23.8 Å². The highest BCUT2D eigenvalue weighted by Gasteiger charge is 2.39. The first-order chi connectivity index (χ1) is 17.9. The van der Waals surface area contributed by atoms with Gasteiger partial charge >= 0.3 is 11.9 Å². The van der Waals surface area contributed by atoms with Crippen LogP contribution in [0, 0.1) is 35.5 Å². The van der Waals surface area contributed by atoms with Gasteiger partial charge in [-0.05, 0) is 61.3 Å². The molecule has 216 valence electrons. The van der Waals surface area contributed by atoms with E-state index >= 15 is 0 Å². The van der Waals surface area contributed by atoms with E-state index in [0.29, 0.717) is 36.7 Å². The summed E-state index contributed by atoms with van der Waals surface area (Å²) in [6.45, 7) is 9.94. The molecule has 1 aliphatic heterocycles. The second-order valence-corrected chi connectivity index (χ2v) is 12.0. The maximum absolute atomic E-state index is 12.9. The SMILES string of the molecule is CC(=O)NC/C1=C/C=C/C[C@H]([C@@H]2CCC[C@H]2C(=O)O)OC(=O)C[C@H](O)[C@@H](C)C[C@@H](C)C[C@@H](C)C[C@H](C)[C@@H]1O. The highest BCUT2D eigenvalue weighted by molar-refractivity contribution is 5.73. The fraction of sp³-hybridized carbons (Fsp3) is 0.767. The third-order valence-electron chi connectivity index (χ3n) is 8.31. The second kappa shape index (κ2) is 15.4. The van der Waals surface area contributed by atoms with Gasteiger partial charge in [0, 0.05) is 25.8 Å². The number of hydrogen-bond acceptors (Lipinski definition) is 6. The summed E-state index contributed by atoms with van der Waals surface area (Å²) < 4.78 is 5.83. The molecule has 0 aromatic carbocycles. The number of ether oxygens (including phenoxy) is 1. The van der Waals surface area contributed by atoms with Gasteiger partial charge in [0.25, 0.3) is 0 Å². The Hall–Kier alpha value is -2.19. The molecular formula is C30H49NO7. The number of cyclic esters (lactones) is 1. The number of hydrogen-bond donors (Lipinski definition) is 4. The third-order valence-corrected chi connectivity index (χ3v) is 8.31. The van der Waals surface area contributed by atoms with Crippen LogP contribution in [0.4, 0.5) is 0 Å². The number of rotatable bonds is 4. The van der Waals surface area contributed by atoms with Crippen LogP contribution in [0.3, 0.4) is 0 Å². The molecule has 2 aliphatic rings. The summed E-state index contributed by atoms with van der Waals surface area (Å²) >= 11 is 0. The number of allylic oxidation sites excluding steroid dienone is 2. The topological polar surface area (TPSA) is 133 Å². The van der Waals surface area contributed by atoms with Crippen molar-refractivity contribution in [3.8, 4) is 0 Å². The lowest BCUT2D eigenvalue weighted by molar-refractivity contribution is -0.159. The van der Waals surface area contributed by atoms with Crippen molar-refractivity contribution >= 4 is 17.8 Å². The van der Waals surface area contributed by atoms with Crippen molar-refractivity contribution in [2.24, 2.45) is 35.5 Å². The molecule has 1 aliphatic carbocycles. The number of aliphatic hydroxyl groups is 2. The highest BCUT2D eigenvalue weighted by atomic mass is 16.5. The molecule has 4 N–H and O–H groups in total. The lowest BCUT2D eigenvalue weighted by Gasteiger charge is -2.29. The van der Waals surface area contributed by atoms with Crippen molar-refractivity contribution in [2.45, 2.75) is 104 Å². The number of carbonyl (C=O) groups is 3. The van der Waals surface area contributed by atoms with E-state index in [0.717, 1.165) is 25.7 Å². The van der Waals surface area contributed by atoms with Gasteiger partial charge in [0.1, 0.15) is 6.10 Å². The van der Waals surface area contributed by atoms with Gasteiger partial charge in [-0.1, -0.05) is 52.3 Å². The molecular weight excluding hydrogens is 486 g/mol. The summed E-state index contributed by atoms with van der Waals surface area (Å²) in [4.78, 5) is 36.3. The number of carboxylic acids is 1. The molecule has 9 atom stereocenters. The number of aliphatic carboxylic acids is 1. The quantitative estimate of drug-likeness (QED) is 0.396. The summed E-state index contributed by atoms with van der Waals surface area (Å²) in [7, 11) is 0. The van der Waals surface area contributed by atoms with E-state index in [4.69, 9.17) is 4.74 Å². The Morgan fingerprint density at radius 2 is 1.68 bits per heavy atom. The first-order valence-electron chi connectivity index (χ1n) is 14.3. The molecule has 38 heavy (non-hydrogen) atoms. The van der Waals surface area contributed by atoms with E-state index < -0.39 is 36.2 Å². The maximum atomic E-state index is 12.9. The summed E-state index contributed by atoms with van der Waals surface area (Å²) in [5.74, 6) is -1.85. The number of aliphatic hydroxyl groups excluding tert-OH is 2. The molecule has 0 radical (unpaired) electrons. The lowest BCUT2D eigenvalue weighted by Crippen LogP contribution is -2.34. The van der Waals surface area contributed by atoms with E-state index in [2.05, 4.69) is 19.2 Å². The average molecular weight is 536 g/mol. The molecule has 1 fully saturated rings. The Bertz CT molecular complexity index is 854. The lowest BCUT2D eigenvalue weighted by atomic mass is 9.82. The van der Waals surface area contributed by atoms with Gasteiger partial charge in [-0.25, -0.2) is 0 Å². The van der Waals surface area contributed by atoms with Crippen LogP contribution in [0.1, 0.15) is 86.0 Å². The zero-order chi connectivity index (χ0) is 28.4. The average Bonchev–Trinajstić information content (AvgIpc) is 3.31. The van der Waals surface area contributed by atoms with Crippen LogP contribution in [0.5, 0.6) is 0 Å². The van der Waals surface area contributed by atoms with Crippen molar-refractivity contribution in [1.29, 1.82) is 0 Å². The number of carboxylic acid groups (broad SMARTS) is 1. The van der Waals surface area contributed by atoms with Gasteiger partial charge in [-0.15, -0.1) is 0 Å².